The maximum absolute atomic E-state index is 11.6. The minimum atomic E-state index is -2.80. The van der Waals surface area contributed by atoms with Gasteiger partial charge in [0.2, 0.25) is 5.91 Å². The molecule has 0 saturated carbocycles. The number of piperidine rings is 1. The molecule has 1 amide bonds. The number of amides is 1. The van der Waals surface area contributed by atoms with E-state index in [4.69, 9.17) is 0 Å². The summed E-state index contributed by atoms with van der Waals surface area (Å²) >= 11 is 0. The highest BCUT2D eigenvalue weighted by molar-refractivity contribution is 7.91. The van der Waals surface area contributed by atoms with E-state index >= 15 is 0 Å². The van der Waals surface area contributed by atoms with E-state index in [0.717, 1.165) is 38.2 Å². The van der Waals surface area contributed by atoms with Crippen molar-refractivity contribution in [3.63, 3.8) is 0 Å². The van der Waals surface area contributed by atoms with Crippen molar-refractivity contribution < 1.29 is 13.2 Å². The molecule has 0 spiro atoms. The first-order valence-corrected chi connectivity index (χ1v) is 10.8. The van der Waals surface area contributed by atoms with Gasteiger partial charge in [-0.3, -0.25) is 14.6 Å². The second-order valence-electron chi connectivity index (χ2n) is 7.07. The number of anilines is 1. The van der Waals surface area contributed by atoms with Crippen molar-refractivity contribution in [1.82, 2.24) is 9.80 Å². The van der Waals surface area contributed by atoms with Crippen LogP contribution in [0.5, 0.6) is 0 Å². The number of nitrogens with zero attached hydrogens (tertiary/aromatic N) is 2. The van der Waals surface area contributed by atoms with Crippen molar-refractivity contribution in [3.05, 3.63) is 29.8 Å². The van der Waals surface area contributed by atoms with Gasteiger partial charge in [-0.2, -0.15) is 0 Å². The van der Waals surface area contributed by atoms with Crippen LogP contribution in [0.4, 0.5) is 5.69 Å². The number of nitrogens with one attached hydrogen (secondary N) is 1. The predicted molar refractivity (Wildman–Crippen MR) is 99.3 cm³/mol. The summed E-state index contributed by atoms with van der Waals surface area (Å²) in [5.74, 6) is 0.571. The van der Waals surface area contributed by atoms with Crippen LogP contribution in [0.1, 0.15) is 25.3 Å². The average Bonchev–Trinajstić information content (AvgIpc) is 2.57. The smallest absolute Gasteiger partial charge is 0.221 e. The Morgan fingerprint density at radius 2 is 1.68 bits per heavy atom. The third-order valence-corrected chi connectivity index (χ3v) is 6.74. The van der Waals surface area contributed by atoms with Crippen molar-refractivity contribution in [2.75, 3.05) is 43.0 Å². The van der Waals surface area contributed by atoms with Crippen LogP contribution in [0.3, 0.4) is 0 Å². The second-order valence-corrected chi connectivity index (χ2v) is 9.38. The quantitative estimate of drug-likeness (QED) is 0.872. The highest BCUT2D eigenvalue weighted by atomic mass is 32.2. The molecule has 0 radical (unpaired) electrons. The molecule has 138 valence electrons. The van der Waals surface area contributed by atoms with E-state index in [-0.39, 0.29) is 5.91 Å². The molecule has 0 bridgehead atoms. The van der Waals surface area contributed by atoms with Gasteiger partial charge in [-0.05, 0) is 43.6 Å². The number of carbonyl (C=O) groups excluding carboxylic acids is 1. The third-order valence-electron chi connectivity index (χ3n) is 5.13. The van der Waals surface area contributed by atoms with Gasteiger partial charge in [0.1, 0.15) is 0 Å². The van der Waals surface area contributed by atoms with E-state index in [0.29, 0.717) is 30.6 Å². The van der Waals surface area contributed by atoms with Crippen molar-refractivity contribution in [2.45, 2.75) is 32.4 Å². The normalized spacial score (nSPS) is 22.6. The van der Waals surface area contributed by atoms with Crippen LogP contribution in [-0.4, -0.2) is 67.9 Å². The van der Waals surface area contributed by atoms with Crippen LogP contribution < -0.4 is 5.32 Å². The fourth-order valence-corrected chi connectivity index (χ4v) is 4.92. The second kappa shape index (κ2) is 7.85. The van der Waals surface area contributed by atoms with E-state index in [9.17, 15) is 13.2 Å². The fraction of sp³-hybridized carbons (Fsp3) is 0.611. The van der Waals surface area contributed by atoms with Crippen LogP contribution in [0.15, 0.2) is 24.3 Å². The van der Waals surface area contributed by atoms with Crippen molar-refractivity contribution in [3.8, 4) is 0 Å². The van der Waals surface area contributed by atoms with Crippen molar-refractivity contribution in [1.29, 1.82) is 0 Å². The van der Waals surface area contributed by atoms with Gasteiger partial charge in [-0.15, -0.1) is 0 Å². The zero-order valence-corrected chi connectivity index (χ0v) is 15.6. The predicted octanol–water partition coefficient (Wildman–Crippen LogP) is 1.34. The van der Waals surface area contributed by atoms with Gasteiger partial charge in [0.25, 0.3) is 0 Å². The molecule has 1 aromatic carbocycles. The first-order chi connectivity index (χ1) is 11.9. The standard InChI is InChI=1S/C18H27N3O3S/c1-15(22)19-17-4-2-16(3-5-17)14-20-8-6-18(7-9-20)21-10-12-25(23,24)13-11-21/h2-5,18H,6-14H2,1H3,(H,19,22). The van der Waals surface area contributed by atoms with Gasteiger partial charge in [-0.25, -0.2) is 8.42 Å². The van der Waals surface area contributed by atoms with E-state index in [2.05, 4.69) is 27.2 Å². The maximum Gasteiger partial charge on any atom is 0.221 e. The molecule has 0 aliphatic carbocycles. The fourth-order valence-electron chi connectivity index (χ4n) is 3.69. The zero-order valence-electron chi connectivity index (χ0n) is 14.8. The first-order valence-electron chi connectivity index (χ1n) is 8.95. The minimum absolute atomic E-state index is 0.0552. The summed E-state index contributed by atoms with van der Waals surface area (Å²) in [7, 11) is -2.80. The molecule has 0 aromatic heterocycles. The van der Waals surface area contributed by atoms with Gasteiger partial charge in [0.05, 0.1) is 11.5 Å². The molecule has 2 aliphatic rings. The lowest BCUT2D eigenvalue weighted by Gasteiger charge is -2.40. The Labute approximate surface area is 150 Å². The largest absolute Gasteiger partial charge is 0.326 e. The van der Waals surface area contributed by atoms with Crippen LogP contribution in [0.2, 0.25) is 0 Å². The maximum atomic E-state index is 11.6. The Bertz CT molecular complexity index is 681. The zero-order chi connectivity index (χ0) is 17.9. The number of hydrogen-bond acceptors (Lipinski definition) is 5. The van der Waals surface area contributed by atoms with Gasteiger partial charge in [-0.1, -0.05) is 12.1 Å². The lowest BCUT2D eigenvalue weighted by Crippen LogP contribution is -2.50. The molecule has 0 unspecified atom stereocenters. The monoisotopic (exact) mass is 365 g/mol. The molecule has 1 N–H and O–H groups in total. The summed E-state index contributed by atoms with van der Waals surface area (Å²) < 4.78 is 23.1. The summed E-state index contributed by atoms with van der Waals surface area (Å²) in [6.45, 7) is 5.90. The van der Waals surface area contributed by atoms with Crippen molar-refractivity contribution in [2.24, 2.45) is 0 Å². The molecule has 2 saturated heterocycles. The number of carbonyl (C=O) groups is 1. The van der Waals surface area contributed by atoms with Crippen LogP contribution >= 0.6 is 0 Å². The van der Waals surface area contributed by atoms with Crippen LogP contribution in [0, 0.1) is 0 Å². The third kappa shape index (κ3) is 5.26. The molecule has 7 heteroatoms. The van der Waals surface area contributed by atoms with Crippen LogP contribution in [-0.2, 0) is 21.2 Å². The Morgan fingerprint density at radius 3 is 2.24 bits per heavy atom. The lowest BCUT2D eigenvalue weighted by molar-refractivity contribution is -0.114. The van der Waals surface area contributed by atoms with Crippen LogP contribution in [0.25, 0.3) is 0 Å². The number of likely N-dealkylation sites (tertiary alicyclic amines) is 1. The van der Waals surface area contributed by atoms with Crippen molar-refractivity contribution >= 4 is 21.4 Å². The highest BCUT2D eigenvalue weighted by Gasteiger charge is 2.29. The Balaban J connectivity index is 1.45. The molecule has 2 fully saturated rings. The van der Waals surface area contributed by atoms with E-state index < -0.39 is 9.84 Å². The SMILES string of the molecule is CC(=O)Nc1ccc(CN2CCC(N3CCS(=O)(=O)CC3)CC2)cc1. The van der Waals surface area contributed by atoms with E-state index in [1.54, 1.807) is 0 Å². The minimum Gasteiger partial charge on any atom is -0.326 e. The van der Waals surface area contributed by atoms with Gasteiger partial charge >= 0.3 is 0 Å². The molecule has 6 nitrogen and oxygen atoms in total. The van der Waals surface area contributed by atoms with E-state index in [1.165, 1.54) is 12.5 Å². The Hall–Kier alpha value is -1.44. The Morgan fingerprint density at radius 1 is 1.08 bits per heavy atom. The molecular formula is C18H27N3O3S. The van der Waals surface area contributed by atoms with Gasteiger partial charge in [0.15, 0.2) is 9.84 Å². The Kier molecular flexibility index (Phi) is 5.76. The molecule has 3 rings (SSSR count). The molecule has 25 heavy (non-hydrogen) atoms. The van der Waals surface area contributed by atoms with Gasteiger partial charge in [0, 0.05) is 38.3 Å². The molecule has 1 aromatic rings. The number of benzene rings is 1. The number of sulfone groups is 1. The molecular weight excluding hydrogens is 338 g/mol. The highest BCUT2D eigenvalue weighted by Crippen LogP contribution is 2.21. The lowest BCUT2D eigenvalue weighted by atomic mass is 10.0. The molecule has 2 aliphatic heterocycles. The summed E-state index contributed by atoms with van der Waals surface area (Å²) in [6.07, 6.45) is 2.20. The summed E-state index contributed by atoms with van der Waals surface area (Å²) in [6, 6.07) is 8.53. The topological polar surface area (TPSA) is 69.7 Å². The summed E-state index contributed by atoms with van der Waals surface area (Å²) in [5.41, 5.74) is 2.08. The average molecular weight is 365 g/mol. The number of hydrogen-bond donors (Lipinski definition) is 1. The molecule has 2 heterocycles. The first kappa shape index (κ1) is 18.4. The summed E-state index contributed by atoms with van der Waals surface area (Å²) in [4.78, 5) is 15.9. The summed E-state index contributed by atoms with van der Waals surface area (Å²) in [5, 5.41) is 2.78. The number of rotatable bonds is 4. The van der Waals surface area contributed by atoms with Gasteiger partial charge < -0.3 is 5.32 Å². The molecule has 0 atom stereocenters. The van der Waals surface area contributed by atoms with E-state index in [1.807, 2.05) is 12.1 Å².